The van der Waals surface area contributed by atoms with Gasteiger partial charge >= 0.3 is 0 Å². The van der Waals surface area contributed by atoms with E-state index in [1.54, 1.807) is 31.2 Å². The number of benzene rings is 2. The molecule has 40 heavy (non-hydrogen) atoms. The number of rotatable bonds is 9. The lowest BCUT2D eigenvalue weighted by atomic mass is 9.88. The number of nitrogens with zero attached hydrogens (tertiary/aromatic N) is 1. The van der Waals surface area contributed by atoms with Crippen LogP contribution in [0, 0.1) is 17.6 Å². The molecule has 0 aliphatic carbocycles. The Kier molecular flexibility index (Phi) is 10.5. The molecule has 0 aromatic heterocycles. The van der Waals surface area contributed by atoms with Crippen LogP contribution in [0.5, 0.6) is 0 Å². The van der Waals surface area contributed by atoms with Crippen molar-refractivity contribution in [2.75, 3.05) is 19.6 Å². The number of carbonyl (C=O) groups excluding carboxylic acids is 3. The molecule has 0 spiro atoms. The second kappa shape index (κ2) is 13.3. The third kappa shape index (κ3) is 8.15. The maximum absolute atomic E-state index is 14.3. The summed E-state index contributed by atoms with van der Waals surface area (Å²) in [4.78, 5) is 40.2. The largest absolute Gasteiger partial charge is 0.352 e. The predicted octanol–water partition coefficient (Wildman–Crippen LogP) is 4.45. The summed E-state index contributed by atoms with van der Waals surface area (Å²) < 4.78 is 28.6. The van der Waals surface area contributed by atoms with Crippen molar-refractivity contribution in [2.24, 2.45) is 5.92 Å². The van der Waals surface area contributed by atoms with E-state index >= 15 is 0 Å². The molecule has 3 amide bonds. The van der Waals surface area contributed by atoms with Gasteiger partial charge in [0.15, 0.2) is 0 Å². The maximum atomic E-state index is 14.3. The van der Waals surface area contributed by atoms with Crippen LogP contribution in [0.4, 0.5) is 8.78 Å². The van der Waals surface area contributed by atoms with Crippen LogP contribution in [-0.2, 0) is 20.8 Å². The Labute approximate surface area is 244 Å². The van der Waals surface area contributed by atoms with E-state index in [1.807, 2.05) is 20.8 Å². The smallest absolute Gasteiger partial charge is 0.242 e. The molecule has 0 saturated carbocycles. The van der Waals surface area contributed by atoms with Gasteiger partial charge in [0.2, 0.25) is 17.7 Å². The monoisotopic (exact) mass is 596 g/mol. The van der Waals surface area contributed by atoms with Gasteiger partial charge in [0.25, 0.3) is 0 Å². The van der Waals surface area contributed by atoms with Crippen molar-refractivity contribution in [3.63, 3.8) is 0 Å². The minimum absolute atomic E-state index is 0.105. The van der Waals surface area contributed by atoms with Gasteiger partial charge in [-0.25, -0.2) is 8.78 Å². The highest BCUT2D eigenvalue weighted by atomic mass is 35.5. The standard InChI is InChI=1S/C29H36Cl2F2N4O3/c1-16(13-34-28(40)25(36-17(2)38)12-18-8-6-7-9-22(18)30)35-27(39)21-15-37(29(3,4)5)14-20(21)19-10-23(32)26(31)24(33)11-19/h6-11,16,20-21,25H,12-15H2,1-5H3,(H,34,40)(H,35,39)(H,36,38)/t16-,20?,21?,25-/m0/s1. The second-order valence-electron chi connectivity index (χ2n) is 11.3. The molecule has 3 N–H and O–H groups in total. The number of hydrogen-bond donors (Lipinski definition) is 3. The molecule has 2 aromatic rings. The fourth-order valence-electron chi connectivity index (χ4n) is 4.86. The maximum Gasteiger partial charge on any atom is 0.242 e. The molecule has 2 unspecified atom stereocenters. The SMILES string of the molecule is CC(=O)N[C@@H](Cc1ccccc1Cl)C(=O)NC[C@H](C)NC(=O)C1CN(C(C)(C)C)CC1c1cc(F)c(Cl)c(F)c1. The van der Waals surface area contributed by atoms with Gasteiger partial charge in [-0.2, -0.15) is 0 Å². The lowest BCUT2D eigenvalue weighted by molar-refractivity contribution is -0.128. The average Bonchev–Trinajstić information content (AvgIpc) is 3.33. The van der Waals surface area contributed by atoms with E-state index in [9.17, 15) is 23.2 Å². The Morgan fingerprint density at radius 2 is 1.68 bits per heavy atom. The molecule has 0 bridgehead atoms. The van der Waals surface area contributed by atoms with Gasteiger partial charge < -0.3 is 16.0 Å². The highest BCUT2D eigenvalue weighted by molar-refractivity contribution is 6.31. The number of amides is 3. The summed E-state index contributed by atoms with van der Waals surface area (Å²) in [6, 6.07) is 8.13. The van der Waals surface area contributed by atoms with Crippen molar-refractivity contribution in [2.45, 2.75) is 64.6 Å². The third-order valence-corrected chi connectivity index (χ3v) is 7.82. The van der Waals surface area contributed by atoms with Gasteiger partial charge in [-0.1, -0.05) is 41.4 Å². The summed E-state index contributed by atoms with van der Waals surface area (Å²) in [5.74, 6) is -3.84. The molecule has 0 radical (unpaired) electrons. The Morgan fingerprint density at radius 3 is 2.25 bits per heavy atom. The minimum Gasteiger partial charge on any atom is -0.352 e. The van der Waals surface area contributed by atoms with E-state index in [0.717, 1.165) is 0 Å². The lowest BCUT2D eigenvalue weighted by Crippen LogP contribution is -2.51. The summed E-state index contributed by atoms with van der Waals surface area (Å²) in [5, 5.41) is 8.27. The zero-order chi connectivity index (χ0) is 29.8. The van der Waals surface area contributed by atoms with Crippen molar-refractivity contribution in [1.29, 1.82) is 0 Å². The minimum atomic E-state index is -0.869. The van der Waals surface area contributed by atoms with E-state index in [1.165, 1.54) is 19.1 Å². The summed E-state index contributed by atoms with van der Waals surface area (Å²) >= 11 is 11.9. The molecule has 4 atom stereocenters. The van der Waals surface area contributed by atoms with E-state index in [4.69, 9.17) is 23.2 Å². The number of carbonyl (C=O) groups is 3. The molecule has 1 aliphatic heterocycles. The molecule has 218 valence electrons. The first-order valence-electron chi connectivity index (χ1n) is 13.2. The molecule has 1 aliphatic rings. The molecule has 1 fully saturated rings. The summed E-state index contributed by atoms with van der Waals surface area (Å²) in [6.07, 6.45) is 0.201. The third-order valence-electron chi connectivity index (χ3n) is 7.09. The predicted molar refractivity (Wildman–Crippen MR) is 152 cm³/mol. The molecular weight excluding hydrogens is 561 g/mol. The second-order valence-corrected chi connectivity index (χ2v) is 12.1. The van der Waals surface area contributed by atoms with Crippen LogP contribution >= 0.6 is 23.2 Å². The summed E-state index contributed by atoms with van der Waals surface area (Å²) in [5.41, 5.74) is 0.812. The fourth-order valence-corrected chi connectivity index (χ4v) is 5.18. The highest BCUT2D eigenvalue weighted by Gasteiger charge is 2.42. The first kappa shape index (κ1) is 31.8. The zero-order valence-corrected chi connectivity index (χ0v) is 24.8. The van der Waals surface area contributed by atoms with Crippen molar-refractivity contribution in [3.8, 4) is 0 Å². The average molecular weight is 598 g/mol. The number of hydrogen-bond acceptors (Lipinski definition) is 4. The summed E-state index contributed by atoms with van der Waals surface area (Å²) in [6.45, 7) is 10.0. The quantitative estimate of drug-likeness (QED) is 0.373. The van der Waals surface area contributed by atoms with Gasteiger partial charge in [0, 0.05) is 55.5 Å². The topological polar surface area (TPSA) is 90.5 Å². The van der Waals surface area contributed by atoms with Gasteiger partial charge in [-0.15, -0.1) is 0 Å². The Bertz CT molecular complexity index is 1230. The van der Waals surface area contributed by atoms with Crippen LogP contribution in [0.15, 0.2) is 36.4 Å². The number of halogens is 4. The van der Waals surface area contributed by atoms with Crippen molar-refractivity contribution in [1.82, 2.24) is 20.9 Å². The molecule has 2 aromatic carbocycles. The van der Waals surface area contributed by atoms with Crippen LogP contribution < -0.4 is 16.0 Å². The highest BCUT2D eigenvalue weighted by Crippen LogP contribution is 2.38. The lowest BCUT2D eigenvalue weighted by Gasteiger charge is -2.31. The van der Waals surface area contributed by atoms with Crippen LogP contribution in [0.1, 0.15) is 51.7 Å². The van der Waals surface area contributed by atoms with Crippen molar-refractivity contribution in [3.05, 3.63) is 69.2 Å². The molecule has 11 heteroatoms. The first-order valence-corrected chi connectivity index (χ1v) is 13.9. The number of nitrogens with one attached hydrogen (secondary N) is 3. The van der Waals surface area contributed by atoms with Gasteiger partial charge in [0.05, 0.1) is 5.92 Å². The Hall–Kier alpha value is -2.75. The van der Waals surface area contributed by atoms with E-state index in [-0.39, 0.29) is 30.3 Å². The Morgan fingerprint density at radius 1 is 1.05 bits per heavy atom. The van der Waals surface area contributed by atoms with E-state index in [0.29, 0.717) is 29.2 Å². The molecule has 3 rings (SSSR count). The van der Waals surface area contributed by atoms with Crippen molar-refractivity contribution < 1.29 is 23.2 Å². The van der Waals surface area contributed by atoms with Crippen LogP contribution in [-0.4, -0.2) is 59.9 Å². The fraction of sp³-hybridized carbons (Fsp3) is 0.483. The van der Waals surface area contributed by atoms with Crippen LogP contribution in [0.25, 0.3) is 0 Å². The normalized spacial score (nSPS) is 19.1. The zero-order valence-electron chi connectivity index (χ0n) is 23.3. The molecule has 7 nitrogen and oxygen atoms in total. The Balaban J connectivity index is 1.68. The molecular formula is C29H36Cl2F2N4O3. The molecule has 1 saturated heterocycles. The van der Waals surface area contributed by atoms with Crippen LogP contribution in [0.2, 0.25) is 10.0 Å². The summed E-state index contributed by atoms with van der Waals surface area (Å²) in [7, 11) is 0. The number of likely N-dealkylation sites (tertiary alicyclic amines) is 1. The van der Waals surface area contributed by atoms with Gasteiger partial charge in [0.1, 0.15) is 22.7 Å². The first-order chi connectivity index (χ1) is 18.7. The van der Waals surface area contributed by atoms with Gasteiger partial charge in [-0.05, 0) is 57.0 Å². The van der Waals surface area contributed by atoms with E-state index < -0.39 is 46.5 Å². The van der Waals surface area contributed by atoms with Gasteiger partial charge in [-0.3, -0.25) is 19.3 Å². The van der Waals surface area contributed by atoms with E-state index in [2.05, 4.69) is 20.9 Å². The molecule has 1 heterocycles. The van der Waals surface area contributed by atoms with Crippen LogP contribution in [0.3, 0.4) is 0 Å². The van der Waals surface area contributed by atoms with Crippen molar-refractivity contribution >= 4 is 40.9 Å².